The van der Waals surface area contributed by atoms with Gasteiger partial charge in [0.15, 0.2) is 0 Å². The first kappa shape index (κ1) is 18.2. The summed E-state index contributed by atoms with van der Waals surface area (Å²) in [4.78, 5) is 0. The Kier molecular flexibility index (Phi) is 16.9. The van der Waals surface area contributed by atoms with E-state index in [4.69, 9.17) is 19.7 Å². The van der Waals surface area contributed by atoms with Gasteiger partial charge in [-0.2, -0.15) is 0 Å². The van der Waals surface area contributed by atoms with E-state index in [2.05, 4.69) is 0 Å². The minimum Gasteiger partial charge on any atom is -0.391 e. The normalized spacial score (nSPS) is 13.9. The van der Waals surface area contributed by atoms with Gasteiger partial charge in [0, 0.05) is 13.2 Å². The summed E-state index contributed by atoms with van der Waals surface area (Å²) in [5, 5.41) is 17.3. The van der Waals surface area contributed by atoms with Gasteiger partial charge in [0.05, 0.1) is 25.4 Å². The summed E-state index contributed by atoms with van der Waals surface area (Å²) in [6, 6.07) is 0. The Morgan fingerprint density at radius 3 is 1.31 bits per heavy atom. The molecule has 0 radical (unpaired) electrons. The number of ether oxygens (including phenoxy) is 2. The fourth-order valence-electron chi connectivity index (χ4n) is 0.796. The Morgan fingerprint density at radius 2 is 1.12 bits per heavy atom. The Hall–Kier alpha value is -0.160. The second kappa shape index (κ2) is 14.8. The first-order valence-electron chi connectivity index (χ1n) is 6.06. The molecule has 100 valence electrons. The molecule has 0 rings (SSSR count). The van der Waals surface area contributed by atoms with Gasteiger partial charge < -0.3 is 19.7 Å². The van der Waals surface area contributed by atoms with Crippen molar-refractivity contribution in [1.82, 2.24) is 0 Å². The molecule has 0 aliphatic rings. The standard InChI is InChI=1S/2C6H14O2/c2*1-3-4-8-5-6(2)7/h2*6-7H,3-5H2,1-2H3. The predicted octanol–water partition coefficient (Wildman–Crippen LogP) is 1.59. The summed E-state index contributed by atoms with van der Waals surface area (Å²) in [6.07, 6.45) is 1.41. The zero-order valence-electron chi connectivity index (χ0n) is 11.1. The molecule has 0 aromatic rings. The van der Waals surface area contributed by atoms with Crippen LogP contribution in [0.15, 0.2) is 0 Å². The van der Waals surface area contributed by atoms with E-state index in [0.29, 0.717) is 13.2 Å². The monoisotopic (exact) mass is 236 g/mol. The van der Waals surface area contributed by atoms with Gasteiger partial charge in [0.1, 0.15) is 0 Å². The lowest BCUT2D eigenvalue weighted by molar-refractivity contribution is 0.0466. The topological polar surface area (TPSA) is 58.9 Å². The molecule has 4 nitrogen and oxygen atoms in total. The molecule has 2 atom stereocenters. The lowest BCUT2D eigenvalue weighted by atomic mass is 10.4. The van der Waals surface area contributed by atoms with Gasteiger partial charge >= 0.3 is 0 Å². The molecule has 2 N–H and O–H groups in total. The van der Waals surface area contributed by atoms with E-state index in [0.717, 1.165) is 26.1 Å². The molecule has 0 spiro atoms. The Labute approximate surface area is 99.6 Å². The molecule has 0 bridgehead atoms. The van der Waals surface area contributed by atoms with Gasteiger partial charge in [-0.05, 0) is 26.7 Å². The van der Waals surface area contributed by atoms with Crippen molar-refractivity contribution in [2.45, 2.75) is 52.7 Å². The third-order valence-electron chi connectivity index (χ3n) is 1.42. The zero-order chi connectivity index (χ0) is 12.8. The number of hydrogen-bond acceptors (Lipinski definition) is 4. The van der Waals surface area contributed by atoms with E-state index in [1.807, 2.05) is 13.8 Å². The minimum absolute atomic E-state index is 0.318. The average molecular weight is 236 g/mol. The van der Waals surface area contributed by atoms with Crippen LogP contribution in [-0.2, 0) is 9.47 Å². The lowest BCUT2D eigenvalue weighted by Crippen LogP contribution is -2.10. The van der Waals surface area contributed by atoms with E-state index >= 15 is 0 Å². The van der Waals surface area contributed by atoms with Crippen molar-refractivity contribution in [3.8, 4) is 0 Å². The molecule has 0 aromatic carbocycles. The van der Waals surface area contributed by atoms with E-state index < -0.39 is 0 Å². The molecule has 4 heteroatoms. The van der Waals surface area contributed by atoms with Gasteiger partial charge in [-0.1, -0.05) is 13.8 Å². The van der Waals surface area contributed by atoms with Crippen LogP contribution in [-0.4, -0.2) is 48.8 Å². The predicted molar refractivity (Wildman–Crippen MR) is 65.6 cm³/mol. The summed E-state index contributed by atoms with van der Waals surface area (Å²) >= 11 is 0. The fraction of sp³-hybridized carbons (Fsp3) is 1.00. The SMILES string of the molecule is CCCOCC(C)O.CCCOCC(C)O. The van der Waals surface area contributed by atoms with Crippen molar-refractivity contribution in [2.24, 2.45) is 0 Å². The van der Waals surface area contributed by atoms with Gasteiger partial charge in [0.25, 0.3) is 0 Å². The van der Waals surface area contributed by atoms with Crippen LogP contribution in [0.2, 0.25) is 0 Å². The highest BCUT2D eigenvalue weighted by atomic mass is 16.5. The fourth-order valence-corrected chi connectivity index (χ4v) is 0.796. The van der Waals surface area contributed by atoms with E-state index in [-0.39, 0.29) is 12.2 Å². The summed E-state index contributed by atoms with van der Waals surface area (Å²) < 4.78 is 9.99. The molecule has 0 fully saturated rings. The Bertz CT molecular complexity index is 102. The molecule has 0 amide bonds. The van der Waals surface area contributed by atoms with Gasteiger partial charge in [-0.3, -0.25) is 0 Å². The maximum Gasteiger partial charge on any atom is 0.0745 e. The quantitative estimate of drug-likeness (QED) is 0.628. The summed E-state index contributed by atoms with van der Waals surface area (Å²) in [5.41, 5.74) is 0. The van der Waals surface area contributed by atoms with Crippen LogP contribution in [0, 0.1) is 0 Å². The highest BCUT2D eigenvalue weighted by molar-refractivity contribution is 4.40. The molecular formula is C12H28O4. The number of aliphatic hydroxyl groups excluding tert-OH is 2. The Morgan fingerprint density at radius 1 is 0.812 bits per heavy atom. The Balaban J connectivity index is 0. The lowest BCUT2D eigenvalue weighted by Gasteiger charge is -2.02. The van der Waals surface area contributed by atoms with Crippen molar-refractivity contribution in [2.75, 3.05) is 26.4 Å². The van der Waals surface area contributed by atoms with E-state index in [9.17, 15) is 0 Å². The van der Waals surface area contributed by atoms with Gasteiger partial charge in [-0.15, -0.1) is 0 Å². The zero-order valence-corrected chi connectivity index (χ0v) is 11.1. The van der Waals surface area contributed by atoms with Crippen LogP contribution < -0.4 is 0 Å². The first-order valence-corrected chi connectivity index (χ1v) is 6.06. The van der Waals surface area contributed by atoms with Crippen LogP contribution in [0.25, 0.3) is 0 Å². The van der Waals surface area contributed by atoms with Crippen molar-refractivity contribution in [3.05, 3.63) is 0 Å². The van der Waals surface area contributed by atoms with Gasteiger partial charge in [0.2, 0.25) is 0 Å². The van der Waals surface area contributed by atoms with Crippen molar-refractivity contribution in [1.29, 1.82) is 0 Å². The molecule has 0 saturated carbocycles. The molecule has 0 aromatic heterocycles. The van der Waals surface area contributed by atoms with Crippen molar-refractivity contribution < 1.29 is 19.7 Å². The summed E-state index contributed by atoms with van der Waals surface area (Å²) in [6.45, 7) is 9.97. The number of aliphatic hydroxyl groups is 2. The smallest absolute Gasteiger partial charge is 0.0745 e. The maximum atomic E-state index is 8.65. The van der Waals surface area contributed by atoms with Crippen LogP contribution >= 0.6 is 0 Å². The van der Waals surface area contributed by atoms with Crippen LogP contribution in [0.5, 0.6) is 0 Å². The largest absolute Gasteiger partial charge is 0.391 e. The molecule has 0 aliphatic carbocycles. The van der Waals surface area contributed by atoms with E-state index in [1.54, 1.807) is 13.8 Å². The van der Waals surface area contributed by atoms with Crippen molar-refractivity contribution >= 4 is 0 Å². The van der Waals surface area contributed by atoms with Crippen LogP contribution in [0.3, 0.4) is 0 Å². The van der Waals surface area contributed by atoms with Gasteiger partial charge in [-0.25, -0.2) is 0 Å². The van der Waals surface area contributed by atoms with Crippen molar-refractivity contribution in [3.63, 3.8) is 0 Å². The second-order valence-electron chi connectivity index (χ2n) is 3.85. The average Bonchev–Trinajstić information content (AvgIpc) is 2.18. The van der Waals surface area contributed by atoms with Crippen LogP contribution in [0.1, 0.15) is 40.5 Å². The second-order valence-corrected chi connectivity index (χ2v) is 3.85. The molecule has 2 unspecified atom stereocenters. The molecule has 0 saturated heterocycles. The maximum absolute atomic E-state index is 8.65. The molecule has 16 heavy (non-hydrogen) atoms. The highest BCUT2D eigenvalue weighted by Gasteiger charge is 1.92. The summed E-state index contributed by atoms with van der Waals surface area (Å²) in [7, 11) is 0. The first-order chi connectivity index (χ1) is 7.54. The minimum atomic E-state index is -0.318. The molecular weight excluding hydrogens is 208 g/mol. The number of rotatable bonds is 8. The third-order valence-corrected chi connectivity index (χ3v) is 1.42. The highest BCUT2D eigenvalue weighted by Crippen LogP contribution is 1.84. The number of hydrogen-bond donors (Lipinski definition) is 2. The molecule has 0 heterocycles. The van der Waals surface area contributed by atoms with Crippen LogP contribution in [0.4, 0.5) is 0 Å². The third kappa shape index (κ3) is 23.6. The van der Waals surface area contributed by atoms with E-state index in [1.165, 1.54) is 0 Å². The summed E-state index contributed by atoms with van der Waals surface area (Å²) in [5.74, 6) is 0. The molecule has 0 aliphatic heterocycles.